The minimum atomic E-state index is -0.500. The highest BCUT2D eigenvalue weighted by atomic mass is 16.1. The van der Waals surface area contributed by atoms with Gasteiger partial charge in [0.25, 0.3) is 5.91 Å². The summed E-state index contributed by atoms with van der Waals surface area (Å²) >= 11 is 0. The van der Waals surface area contributed by atoms with Gasteiger partial charge in [-0.1, -0.05) is 36.8 Å². The number of fused-ring (bicyclic) bond motifs is 2. The lowest BCUT2D eigenvalue weighted by Gasteiger charge is -2.15. The molecule has 5 rings (SSSR count). The summed E-state index contributed by atoms with van der Waals surface area (Å²) in [5, 5.41) is 3.56. The zero-order valence-electron chi connectivity index (χ0n) is 18.1. The first kappa shape index (κ1) is 20.2. The van der Waals surface area contributed by atoms with Crippen LogP contribution in [0, 0.1) is 6.92 Å². The Labute approximate surface area is 186 Å². The molecule has 0 fully saturated rings. The summed E-state index contributed by atoms with van der Waals surface area (Å²) in [6.45, 7) is 2.61. The van der Waals surface area contributed by atoms with Crippen LogP contribution in [0.4, 0.5) is 5.82 Å². The van der Waals surface area contributed by atoms with Gasteiger partial charge in [0.2, 0.25) is 0 Å². The third-order valence-electron chi connectivity index (χ3n) is 6.04. The van der Waals surface area contributed by atoms with Crippen molar-refractivity contribution in [3.05, 3.63) is 76.7 Å². The lowest BCUT2D eigenvalue weighted by atomic mass is 10.1. The molecule has 1 aliphatic rings. The SMILES string of the molecule is Cc1nc2c(C(N)=O)cccn2c1-c1nc2c(c(NCc3ccccc3)n1)CCCCC2. The van der Waals surface area contributed by atoms with E-state index in [9.17, 15) is 4.79 Å². The van der Waals surface area contributed by atoms with Gasteiger partial charge in [0, 0.05) is 24.0 Å². The van der Waals surface area contributed by atoms with Gasteiger partial charge in [-0.3, -0.25) is 9.20 Å². The Balaban J connectivity index is 1.63. The predicted octanol–water partition coefficient (Wildman–Crippen LogP) is 4.08. The number of imidazole rings is 1. The van der Waals surface area contributed by atoms with Gasteiger partial charge < -0.3 is 11.1 Å². The number of benzene rings is 1. The number of carbonyl (C=O) groups excluding carboxylic acids is 1. The molecule has 7 heteroatoms. The van der Waals surface area contributed by atoms with Gasteiger partial charge in [0.05, 0.1) is 11.3 Å². The second kappa shape index (κ2) is 8.42. The number of anilines is 1. The van der Waals surface area contributed by atoms with Crippen LogP contribution in [0.2, 0.25) is 0 Å². The Bertz CT molecular complexity index is 1300. The molecule has 3 aromatic heterocycles. The van der Waals surface area contributed by atoms with E-state index < -0.39 is 5.91 Å². The van der Waals surface area contributed by atoms with Gasteiger partial charge in [-0.2, -0.15) is 0 Å². The Morgan fingerprint density at radius 2 is 1.84 bits per heavy atom. The number of aryl methyl sites for hydroxylation is 2. The molecule has 162 valence electrons. The van der Waals surface area contributed by atoms with Crippen molar-refractivity contribution < 1.29 is 4.79 Å². The van der Waals surface area contributed by atoms with Crippen LogP contribution >= 0.6 is 0 Å². The smallest absolute Gasteiger partial charge is 0.252 e. The molecule has 0 bridgehead atoms. The molecule has 0 spiro atoms. The van der Waals surface area contributed by atoms with E-state index in [4.69, 9.17) is 15.7 Å². The van der Waals surface area contributed by atoms with E-state index in [1.54, 1.807) is 12.1 Å². The number of nitrogens with zero attached hydrogens (tertiary/aromatic N) is 4. The van der Waals surface area contributed by atoms with Crippen molar-refractivity contribution >= 4 is 17.4 Å². The first-order valence-corrected chi connectivity index (χ1v) is 11.1. The molecular weight excluding hydrogens is 400 g/mol. The minimum Gasteiger partial charge on any atom is -0.366 e. The molecule has 0 radical (unpaired) electrons. The zero-order chi connectivity index (χ0) is 22.1. The third-order valence-corrected chi connectivity index (χ3v) is 6.04. The number of hydrogen-bond donors (Lipinski definition) is 2. The summed E-state index contributed by atoms with van der Waals surface area (Å²) < 4.78 is 1.87. The highest BCUT2D eigenvalue weighted by Crippen LogP contribution is 2.30. The number of nitrogens with two attached hydrogens (primary N) is 1. The van der Waals surface area contributed by atoms with Crippen LogP contribution in [0.25, 0.3) is 17.2 Å². The molecule has 0 atom stereocenters. The standard InChI is InChI=1S/C25H26N6O/c1-16-21(31-14-8-12-19(22(26)32)25(31)28-16)24-29-20-13-7-3-6-11-18(20)23(30-24)27-15-17-9-4-2-5-10-17/h2,4-5,8-10,12,14H,3,6-7,11,13,15H2,1H3,(H2,26,32)(H,27,29,30). The molecule has 4 aromatic rings. The maximum Gasteiger partial charge on any atom is 0.252 e. The predicted molar refractivity (Wildman–Crippen MR) is 125 cm³/mol. The number of aromatic nitrogens is 4. The number of amides is 1. The van der Waals surface area contributed by atoms with Crippen molar-refractivity contribution in [2.24, 2.45) is 5.73 Å². The van der Waals surface area contributed by atoms with E-state index in [2.05, 4.69) is 22.4 Å². The van der Waals surface area contributed by atoms with E-state index in [1.165, 1.54) is 17.5 Å². The largest absolute Gasteiger partial charge is 0.366 e. The topological polar surface area (TPSA) is 98.2 Å². The highest BCUT2D eigenvalue weighted by Gasteiger charge is 2.22. The van der Waals surface area contributed by atoms with E-state index in [0.29, 0.717) is 23.6 Å². The van der Waals surface area contributed by atoms with Gasteiger partial charge in [-0.25, -0.2) is 15.0 Å². The maximum absolute atomic E-state index is 11.9. The zero-order valence-corrected chi connectivity index (χ0v) is 18.1. The van der Waals surface area contributed by atoms with Crippen molar-refractivity contribution in [1.29, 1.82) is 0 Å². The normalized spacial score (nSPS) is 13.5. The van der Waals surface area contributed by atoms with Gasteiger partial charge in [-0.15, -0.1) is 0 Å². The summed E-state index contributed by atoms with van der Waals surface area (Å²) in [6, 6.07) is 13.8. The van der Waals surface area contributed by atoms with Gasteiger partial charge in [0.1, 0.15) is 17.2 Å². The first-order chi connectivity index (χ1) is 15.6. The van der Waals surface area contributed by atoms with Crippen molar-refractivity contribution in [2.45, 2.75) is 45.6 Å². The maximum atomic E-state index is 11.9. The van der Waals surface area contributed by atoms with Crippen LogP contribution in [-0.2, 0) is 19.4 Å². The fourth-order valence-corrected chi connectivity index (χ4v) is 4.45. The van der Waals surface area contributed by atoms with E-state index in [0.717, 1.165) is 48.6 Å². The average Bonchev–Trinajstić information content (AvgIpc) is 2.96. The molecule has 0 unspecified atom stereocenters. The van der Waals surface area contributed by atoms with Gasteiger partial charge in [0.15, 0.2) is 5.82 Å². The fourth-order valence-electron chi connectivity index (χ4n) is 4.45. The van der Waals surface area contributed by atoms with Crippen LogP contribution in [-0.4, -0.2) is 25.3 Å². The van der Waals surface area contributed by atoms with Crippen LogP contribution in [0.5, 0.6) is 0 Å². The Kier molecular flexibility index (Phi) is 5.31. The summed E-state index contributed by atoms with van der Waals surface area (Å²) in [4.78, 5) is 26.5. The fraction of sp³-hybridized carbons (Fsp3) is 0.280. The first-order valence-electron chi connectivity index (χ1n) is 11.1. The lowest BCUT2D eigenvalue weighted by molar-refractivity contribution is 0.100. The van der Waals surface area contributed by atoms with Crippen molar-refractivity contribution in [3.8, 4) is 11.5 Å². The number of nitrogens with one attached hydrogen (secondary N) is 1. The van der Waals surface area contributed by atoms with E-state index >= 15 is 0 Å². The van der Waals surface area contributed by atoms with Crippen LogP contribution in [0.15, 0.2) is 48.7 Å². The Hall–Kier alpha value is -3.74. The summed E-state index contributed by atoms with van der Waals surface area (Å²) in [7, 11) is 0. The number of carbonyl (C=O) groups is 1. The molecule has 1 amide bonds. The molecule has 0 saturated heterocycles. The molecule has 1 aromatic carbocycles. The second-order valence-electron chi connectivity index (χ2n) is 8.25. The summed E-state index contributed by atoms with van der Waals surface area (Å²) in [5.41, 5.74) is 11.6. The number of primary amides is 1. The molecule has 32 heavy (non-hydrogen) atoms. The summed E-state index contributed by atoms with van der Waals surface area (Å²) in [6.07, 6.45) is 7.26. The molecule has 0 saturated carbocycles. The lowest BCUT2D eigenvalue weighted by Crippen LogP contribution is -2.13. The molecule has 3 N–H and O–H groups in total. The van der Waals surface area contributed by atoms with E-state index in [1.807, 2.05) is 35.7 Å². The van der Waals surface area contributed by atoms with Crippen LogP contribution < -0.4 is 11.1 Å². The molecule has 1 aliphatic carbocycles. The average molecular weight is 427 g/mol. The molecular formula is C25H26N6O. The molecule has 7 nitrogen and oxygen atoms in total. The van der Waals surface area contributed by atoms with Crippen molar-refractivity contribution in [1.82, 2.24) is 19.4 Å². The van der Waals surface area contributed by atoms with Gasteiger partial charge >= 0.3 is 0 Å². The highest BCUT2D eigenvalue weighted by molar-refractivity contribution is 5.99. The van der Waals surface area contributed by atoms with Gasteiger partial charge in [-0.05, 0) is 50.3 Å². The number of pyridine rings is 1. The Morgan fingerprint density at radius 1 is 1.03 bits per heavy atom. The third kappa shape index (κ3) is 3.70. The number of rotatable bonds is 5. The summed E-state index contributed by atoms with van der Waals surface area (Å²) in [5.74, 6) is 1.00. The van der Waals surface area contributed by atoms with Crippen molar-refractivity contribution in [2.75, 3.05) is 5.32 Å². The van der Waals surface area contributed by atoms with Crippen molar-refractivity contribution in [3.63, 3.8) is 0 Å². The monoisotopic (exact) mass is 426 g/mol. The molecule has 3 heterocycles. The molecule has 0 aliphatic heterocycles. The number of hydrogen-bond acceptors (Lipinski definition) is 5. The Morgan fingerprint density at radius 3 is 2.66 bits per heavy atom. The van der Waals surface area contributed by atoms with Crippen LogP contribution in [0.1, 0.15) is 52.1 Å². The minimum absolute atomic E-state index is 0.388. The quantitative estimate of drug-likeness (QED) is 0.469. The van der Waals surface area contributed by atoms with E-state index in [-0.39, 0.29) is 0 Å². The second-order valence-corrected chi connectivity index (χ2v) is 8.25. The van der Waals surface area contributed by atoms with Crippen LogP contribution in [0.3, 0.4) is 0 Å².